The van der Waals surface area contributed by atoms with E-state index in [9.17, 15) is 0 Å². The molecule has 2 heterocycles. The maximum absolute atomic E-state index is 4.73. The summed E-state index contributed by atoms with van der Waals surface area (Å²) in [6.07, 6.45) is 0. The second-order valence-electron chi connectivity index (χ2n) is 6.07. The highest BCUT2D eigenvalue weighted by Gasteiger charge is 2.16. The molecule has 0 fully saturated rings. The predicted octanol–water partition coefficient (Wildman–Crippen LogP) is 3.54. The molecule has 2 aromatic heterocycles. The van der Waals surface area contributed by atoms with Crippen molar-refractivity contribution < 1.29 is 0 Å². The first kappa shape index (κ1) is 16.7. The normalized spacial score (nSPS) is 12.7. The number of nitrogens with zero attached hydrogens (tertiary/aromatic N) is 5. The summed E-state index contributed by atoms with van der Waals surface area (Å²) in [5.74, 6) is 0.849. The van der Waals surface area contributed by atoms with Gasteiger partial charge in [-0.25, -0.2) is 9.67 Å². The lowest BCUT2D eigenvalue weighted by molar-refractivity contribution is 0.469. The van der Waals surface area contributed by atoms with Gasteiger partial charge in [-0.2, -0.15) is 0 Å². The van der Waals surface area contributed by atoms with Crippen molar-refractivity contribution in [1.29, 1.82) is 0 Å². The highest BCUT2D eigenvalue weighted by atomic mass is 32.1. The fraction of sp³-hybridized carbons (Fsp3) is 0.412. The smallest absolute Gasteiger partial charge is 0.165 e. The van der Waals surface area contributed by atoms with Crippen molar-refractivity contribution in [2.24, 2.45) is 0 Å². The second-order valence-corrected chi connectivity index (χ2v) is 7.10. The molecule has 0 spiro atoms. The Hall–Kier alpha value is -2.12. The third kappa shape index (κ3) is 3.52. The van der Waals surface area contributed by atoms with Crippen molar-refractivity contribution in [3.63, 3.8) is 0 Å². The van der Waals surface area contributed by atoms with Crippen LogP contribution in [0.1, 0.15) is 49.3 Å². The predicted molar refractivity (Wildman–Crippen MR) is 95.7 cm³/mol. The molecule has 0 unspecified atom stereocenters. The van der Waals surface area contributed by atoms with Crippen LogP contribution in [0.4, 0.5) is 0 Å². The largest absolute Gasteiger partial charge is 0.302 e. The molecule has 6 nitrogen and oxygen atoms in total. The van der Waals surface area contributed by atoms with Gasteiger partial charge in [-0.3, -0.25) is 0 Å². The van der Waals surface area contributed by atoms with Crippen LogP contribution in [-0.4, -0.2) is 25.2 Å². The molecule has 0 aliphatic rings. The maximum Gasteiger partial charge on any atom is 0.165 e. The fourth-order valence-electron chi connectivity index (χ4n) is 2.58. The second kappa shape index (κ2) is 7.19. The van der Waals surface area contributed by atoms with E-state index in [2.05, 4.69) is 60.7 Å². The molecule has 24 heavy (non-hydrogen) atoms. The van der Waals surface area contributed by atoms with Crippen LogP contribution in [0, 0.1) is 6.92 Å². The summed E-state index contributed by atoms with van der Waals surface area (Å²) in [4.78, 5) is 5.97. The van der Waals surface area contributed by atoms with E-state index in [0.717, 1.165) is 22.1 Å². The molecule has 0 radical (unpaired) electrons. The Morgan fingerprint density at radius 2 is 1.92 bits per heavy atom. The average molecular weight is 342 g/mol. The van der Waals surface area contributed by atoms with E-state index in [4.69, 9.17) is 4.98 Å². The van der Waals surface area contributed by atoms with Gasteiger partial charge in [0.1, 0.15) is 5.01 Å². The number of tetrazole rings is 1. The Morgan fingerprint density at radius 1 is 1.17 bits per heavy atom. The topological polar surface area (TPSA) is 68.5 Å². The number of hydrogen-bond donors (Lipinski definition) is 1. The monoisotopic (exact) mass is 342 g/mol. The zero-order chi connectivity index (χ0) is 17.1. The molecule has 0 bridgehead atoms. The van der Waals surface area contributed by atoms with E-state index in [0.29, 0.717) is 6.54 Å². The van der Waals surface area contributed by atoms with Crippen LogP contribution >= 0.6 is 11.3 Å². The Kier molecular flexibility index (Phi) is 5.01. The zero-order valence-electron chi connectivity index (χ0n) is 14.4. The SMILES string of the molecule is Cc1nc(-c2ccccc2)sc1[C@H](C)NCc1nnnn1C(C)C. The molecule has 1 aromatic carbocycles. The van der Waals surface area contributed by atoms with Gasteiger partial charge in [0.2, 0.25) is 0 Å². The van der Waals surface area contributed by atoms with Gasteiger partial charge in [0.15, 0.2) is 5.82 Å². The van der Waals surface area contributed by atoms with Gasteiger partial charge in [0.05, 0.1) is 18.3 Å². The minimum Gasteiger partial charge on any atom is -0.302 e. The molecule has 1 N–H and O–H groups in total. The van der Waals surface area contributed by atoms with Crippen molar-refractivity contribution in [3.05, 3.63) is 46.7 Å². The van der Waals surface area contributed by atoms with Gasteiger partial charge >= 0.3 is 0 Å². The number of aromatic nitrogens is 5. The van der Waals surface area contributed by atoms with Crippen molar-refractivity contribution in [2.75, 3.05) is 0 Å². The van der Waals surface area contributed by atoms with E-state index in [1.54, 1.807) is 11.3 Å². The number of thiazole rings is 1. The lowest BCUT2D eigenvalue weighted by Crippen LogP contribution is -2.21. The van der Waals surface area contributed by atoms with Crippen LogP contribution < -0.4 is 5.32 Å². The van der Waals surface area contributed by atoms with Gasteiger partial charge in [-0.15, -0.1) is 16.4 Å². The van der Waals surface area contributed by atoms with Crippen LogP contribution in [-0.2, 0) is 6.54 Å². The summed E-state index contributed by atoms with van der Waals surface area (Å²) < 4.78 is 1.84. The minimum absolute atomic E-state index is 0.192. The van der Waals surface area contributed by atoms with E-state index >= 15 is 0 Å². The summed E-state index contributed by atoms with van der Waals surface area (Å²) in [6.45, 7) is 8.99. The molecule has 126 valence electrons. The van der Waals surface area contributed by atoms with E-state index in [1.807, 2.05) is 22.9 Å². The number of benzene rings is 1. The van der Waals surface area contributed by atoms with Crippen LogP contribution in [0.25, 0.3) is 10.6 Å². The van der Waals surface area contributed by atoms with Crippen molar-refractivity contribution >= 4 is 11.3 Å². The Bertz CT molecular complexity index is 793. The Morgan fingerprint density at radius 3 is 2.62 bits per heavy atom. The van der Waals surface area contributed by atoms with E-state index < -0.39 is 0 Å². The Labute approximate surface area is 145 Å². The Balaban J connectivity index is 1.72. The molecule has 1 atom stereocenters. The quantitative estimate of drug-likeness (QED) is 0.742. The summed E-state index contributed by atoms with van der Waals surface area (Å²) in [6, 6.07) is 10.7. The summed E-state index contributed by atoms with van der Waals surface area (Å²) >= 11 is 1.74. The third-order valence-corrected chi connectivity index (χ3v) is 5.25. The summed E-state index contributed by atoms with van der Waals surface area (Å²) in [7, 11) is 0. The molecule has 0 saturated carbocycles. The van der Waals surface area contributed by atoms with Gasteiger partial charge in [0, 0.05) is 16.5 Å². The average Bonchev–Trinajstić information content (AvgIpc) is 3.20. The fourth-order valence-corrected chi connectivity index (χ4v) is 3.68. The van der Waals surface area contributed by atoms with Gasteiger partial charge < -0.3 is 5.32 Å². The zero-order valence-corrected chi connectivity index (χ0v) is 15.2. The highest BCUT2D eigenvalue weighted by Crippen LogP contribution is 2.31. The van der Waals surface area contributed by atoms with Crippen molar-refractivity contribution in [1.82, 2.24) is 30.5 Å². The maximum atomic E-state index is 4.73. The van der Waals surface area contributed by atoms with Crippen molar-refractivity contribution in [2.45, 2.75) is 46.3 Å². The van der Waals surface area contributed by atoms with Gasteiger partial charge in [-0.1, -0.05) is 30.3 Å². The molecular weight excluding hydrogens is 320 g/mol. The lowest BCUT2D eigenvalue weighted by atomic mass is 10.2. The highest BCUT2D eigenvalue weighted by molar-refractivity contribution is 7.15. The first-order valence-electron chi connectivity index (χ1n) is 8.09. The number of nitrogens with one attached hydrogen (secondary N) is 1. The minimum atomic E-state index is 0.192. The van der Waals surface area contributed by atoms with Crippen molar-refractivity contribution in [3.8, 4) is 10.6 Å². The number of hydrogen-bond acceptors (Lipinski definition) is 6. The van der Waals surface area contributed by atoms with Crippen LogP contribution in [0.5, 0.6) is 0 Å². The molecular formula is C17H22N6S. The van der Waals surface area contributed by atoms with Gasteiger partial charge in [-0.05, 0) is 38.1 Å². The summed E-state index contributed by atoms with van der Waals surface area (Å²) in [5, 5.41) is 16.5. The summed E-state index contributed by atoms with van der Waals surface area (Å²) in [5.41, 5.74) is 2.23. The molecule has 0 aliphatic heterocycles. The molecule has 3 rings (SSSR count). The molecule has 0 aliphatic carbocycles. The molecule has 3 aromatic rings. The first-order valence-corrected chi connectivity index (χ1v) is 8.90. The van der Waals surface area contributed by atoms with Crippen LogP contribution in [0.15, 0.2) is 30.3 Å². The molecule has 7 heteroatoms. The lowest BCUT2D eigenvalue weighted by Gasteiger charge is -2.13. The van der Waals surface area contributed by atoms with Crippen LogP contribution in [0.2, 0.25) is 0 Å². The molecule has 0 amide bonds. The van der Waals surface area contributed by atoms with E-state index in [1.165, 1.54) is 4.88 Å². The number of rotatable bonds is 6. The molecule has 0 saturated heterocycles. The number of aryl methyl sites for hydroxylation is 1. The standard InChI is InChI=1S/C17H22N6S/c1-11(2)23-15(20-21-22-23)10-18-12(3)16-13(4)19-17(24-16)14-8-6-5-7-9-14/h5-9,11-12,18H,10H2,1-4H3/t12-/m0/s1. The van der Waals surface area contributed by atoms with Crippen LogP contribution in [0.3, 0.4) is 0 Å². The third-order valence-electron chi connectivity index (χ3n) is 3.86. The first-order chi connectivity index (χ1) is 11.6. The van der Waals surface area contributed by atoms with E-state index in [-0.39, 0.29) is 12.1 Å². The van der Waals surface area contributed by atoms with Gasteiger partial charge in [0.25, 0.3) is 0 Å².